The average Bonchev–Trinajstić information content (AvgIpc) is 2.38. The molecular formula is C13H25NO2. The fourth-order valence-electron chi connectivity index (χ4n) is 2.96. The van der Waals surface area contributed by atoms with Gasteiger partial charge in [-0.1, -0.05) is 6.92 Å². The van der Waals surface area contributed by atoms with Gasteiger partial charge in [-0.25, -0.2) is 0 Å². The maximum Gasteiger partial charge on any atom is 0.0665 e. The molecule has 0 saturated carbocycles. The predicted molar refractivity (Wildman–Crippen MR) is 64.6 cm³/mol. The van der Waals surface area contributed by atoms with E-state index in [0.29, 0.717) is 17.9 Å². The lowest BCUT2D eigenvalue weighted by molar-refractivity contribution is -0.0950. The molecule has 0 radical (unpaired) electrons. The van der Waals surface area contributed by atoms with Crippen molar-refractivity contribution < 1.29 is 9.47 Å². The van der Waals surface area contributed by atoms with Gasteiger partial charge in [0.1, 0.15) is 0 Å². The van der Waals surface area contributed by atoms with Gasteiger partial charge in [-0.3, -0.25) is 0 Å². The van der Waals surface area contributed by atoms with Crippen molar-refractivity contribution in [2.75, 3.05) is 32.9 Å². The summed E-state index contributed by atoms with van der Waals surface area (Å²) < 4.78 is 11.6. The van der Waals surface area contributed by atoms with Crippen LogP contribution in [0.4, 0.5) is 0 Å². The highest BCUT2D eigenvalue weighted by atomic mass is 16.5. The van der Waals surface area contributed by atoms with E-state index in [1.807, 2.05) is 0 Å². The number of rotatable bonds is 4. The average molecular weight is 227 g/mol. The third-order valence-corrected chi connectivity index (χ3v) is 3.81. The van der Waals surface area contributed by atoms with Gasteiger partial charge in [0.2, 0.25) is 0 Å². The fourth-order valence-corrected chi connectivity index (χ4v) is 2.96. The molecule has 16 heavy (non-hydrogen) atoms. The van der Waals surface area contributed by atoms with Gasteiger partial charge in [-0.05, 0) is 38.1 Å². The van der Waals surface area contributed by atoms with Gasteiger partial charge in [0.25, 0.3) is 0 Å². The number of hydrogen-bond acceptors (Lipinski definition) is 3. The first-order valence-corrected chi connectivity index (χ1v) is 6.82. The van der Waals surface area contributed by atoms with Gasteiger partial charge >= 0.3 is 0 Å². The molecule has 2 saturated heterocycles. The second kappa shape index (κ2) is 6.58. The Bertz CT molecular complexity index is 192. The molecule has 2 heterocycles. The number of ether oxygens (including phenoxy) is 2. The number of hydrogen-bond donors (Lipinski definition) is 1. The van der Waals surface area contributed by atoms with E-state index in [4.69, 9.17) is 9.47 Å². The van der Waals surface area contributed by atoms with Crippen molar-refractivity contribution in [3.8, 4) is 0 Å². The molecule has 3 atom stereocenters. The van der Waals surface area contributed by atoms with E-state index in [9.17, 15) is 0 Å². The summed E-state index contributed by atoms with van der Waals surface area (Å²) in [5.41, 5.74) is 0. The van der Waals surface area contributed by atoms with Gasteiger partial charge in [0.15, 0.2) is 0 Å². The SMILES string of the molecule is CCNCC1CCCOC1C1CCCOC1. The summed E-state index contributed by atoms with van der Waals surface area (Å²) in [7, 11) is 0. The third kappa shape index (κ3) is 3.19. The fraction of sp³-hybridized carbons (Fsp3) is 1.00. The largest absolute Gasteiger partial charge is 0.381 e. The molecule has 3 nitrogen and oxygen atoms in total. The molecule has 2 aliphatic heterocycles. The van der Waals surface area contributed by atoms with Crippen LogP contribution in [0.5, 0.6) is 0 Å². The summed E-state index contributed by atoms with van der Waals surface area (Å²) in [6, 6.07) is 0. The molecule has 2 aliphatic rings. The van der Waals surface area contributed by atoms with Gasteiger partial charge in [0, 0.05) is 25.7 Å². The van der Waals surface area contributed by atoms with Crippen molar-refractivity contribution >= 4 is 0 Å². The molecule has 0 aliphatic carbocycles. The van der Waals surface area contributed by atoms with E-state index in [1.54, 1.807) is 0 Å². The molecule has 0 aromatic carbocycles. The van der Waals surface area contributed by atoms with Crippen molar-refractivity contribution in [1.29, 1.82) is 0 Å². The van der Waals surface area contributed by atoms with E-state index < -0.39 is 0 Å². The molecular weight excluding hydrogens is 202 g/mol. The summed E-state index contributed by atoms with van der Waals surface area (Å²) in [5.74, 6) is 1.33. The first-order chi connectivity index (χ1) is 7.92. The van der Waals surface area contributed by atoms with Gasteiger partial charge < -0.3 is 14.8 Å². The molecule has 94 valence electrons. The van der Waals surface area contributed by atoms with Crippen molar-refractivity contribution in [3.63, 3.8) is 0 Å². The summed E-state index contributed by atoms with van der Waals surface area (Å²) >= 11 is 0. The lowest BCUT2D eigenvalue weighted by atomic mass is 9.83. The Morgan fingerprint density at radius 2 is 2.06 bits per heavy atom. The Morgan fingerprint density at radius 3 is 2.81 bits per heavy atom. The zero-order chi connectivity index (χ0) is 11.2. The standard InChI is InChI=1S/C13H25NO2/c1-2-14-9-11-5-4-8-16-13(11)12-6-3-7-15-10-12/h11-14H,2-10H2,1H3. The van der Waals surface area contributed by atoms with Gasteiger partial charge in [-0.2, -0.15) is 0 Å². The van der Waals surface area contributed by atoms with E-state index in [2.05, 4.69) is 12.2 Å². The monoisotopic (exact) mass is 227 g/mol. The van der Waals surface area contributed by atoms with Crippen LogP contribution in [0.25, 0.3) is 0 Å². The quantitative estimate of drug-likeness (QED) is 0.794. The lowest BCUT2D eigenvalue weighted by Crippen LogP contribution is -2.43. The molecule has 0 bridgehead atoms. The topological polar surface area (TPSA) is 30.5 Å². The predicted octanol–water partition coefficient (Wildman–Crippen LogP) is 1.82. The van der Waals surface area contributed by atoms with Crippen molar-refractivity contribution in [1.82, 2.24) is 5.32 Å². The third-order valence-electron chi connectivity index (χ3n) is 3.81. The van der Waals surface area contributed by atoms with Crippen LogP contribution in [0.15, 0.2) is 0 Å². The van der Waals surface area contributed by atoms with Crippen molar-refractivity contribution in [3.05, 3.63) is 0 Å². The summed E-state index contributed by atoms with van der Waals surface area (Å²) in [5, 5.41) is 3.47. The van der Waals surface area contributed by atoms with E-state index >= 15 is 0 Å². The molecule has 3 heteroatoms. The van der Waals surface area contributed by atoms with Crippen LogP contribution in [0.1, 0.15) is 32.6 Å². The first kappa shape index (κ1) is 12.3. The minimum absolute atomic E-state index is 0.438. The second-order valence-corrected chi connectivity index (χ2v) is 5.02. The van der Waals surface area contributed by atoms with Crippen LogP contribution in [0, 0.1) is 11.8 Å². The molecule has 0 spiro atoms. The highest BCUT2D eigenvalue weighted by Gasteiger charge is 2.33. The highest BCUT2D eigenvalue weighted by molar-refractivity contribution is 4.83. The smallest absolute Gasteiger partial charge is 0.0665 e. The Kier molecular flexibility index (Phi) is 5.07. The molecule has 0 aromatic rings. The normalized spacial score (nSPS) is 36.2. The molecule has 2 fully saturated rings. The summed E-state index contributed by atoms with van der Waals surface area (Å²) in [6.07, 6.45) is 5.47. The van der Waals surface area contributed by atoms with Gasteiger partial charge in [-0.15, -0.1) is 0 Å². The minimum atomic E-state index is 0.438. The van der Waals surface area contributed by atoms with E-state index in [1.165, 1.54) is 25.7 Å². The zero-order valence-corrected chi connectivity index (χ0v) is 10.4. The first-order valence-electron chi connectivity index (χ1n) is 6.82. The molecule has 0 aromatic heterocycles. The lowest BCUT2D eigenvalue weighted by Gasteiger charge is -2.38. The van der Waals surface area contributed by atoms with Crippen molar-refractivity contribution in [2.24, 2.45) is 11.8 Å². The zero-order valence-electron chi connectivity index (χ0n) is 10.4. The van der Waals surface area contributed by atoms with Crippen LogP contribution in [0.3, 0.4) is 0 Å². The van der Waals surface area contributed by atoms with Crippen LogP contribution in [-0.4, -0.2) is 39.0 Å². The number of nitrogens with one attached hydrogen (secondary N) is 1. The van der Waals surface area contributed by atoms with Crippen molar-refractivity contribution in [2.45, 2.75) is 38.7 Å². The maximum atomic E-state index is 6.01. The highest BCUT2D eigenvalue weighted by Crippen LogP contribution is 2.30. The summed E-state index contributed by atoms with van der Waals surface area (Å²) in [6.45, 7) is 7.14. The molecule has 3 unspecified atom stereocenters. The molecule has 2 rings (SSSR count). The van der Waals surface area contributed by atoms with Crippen LogP contribution >= 0.6 is 0 Å². The Balaban J connectivity index is 1.86. The van der Waals surface area contributed by atoms with Crippen LogP contribution in [-0.2, 0) is 9.47 Å². The van der Waals surface area contributed by atoms with Gasteiger partial charge in [0.05, 0.1) is 12.7 Å². The summed E-state index contributed by atoms with van der Waals surface area (Å²) in [4.78, 5) is 0. The Labute approximate surface area is 98.9 Å². The van der Waals surface area contributed by atoms with E-state index in [0.717, 1.165) is 32.9 Å². The second-order valence-electron chi connectivity index (χ2n) is 5.02. The van der Waals surface area contributed by atoms with Crippen LogP contribution in [0.2, 0.25) is 0 Å². The Morgan fingerprint density at radius 1 is 1.19 bits per heavy atom. The van der Waals surface area contributed by atoms with E-state index in [-0.39, 0.29) is 0 Å². The van der Waals surface area contributed by atoms with Crippen LogP contribution < -0.4 is 5.32 Å². The Hall–Kier alpha value is -0.120. The molecule has 0 amide bonds. The minimum Gasteiger partial charge on any atom is -0.381 e. The maximum absolute atomic E-state index is 6.01. The molecule has 1 N–H and O–H groups in total.